The minimum atomic E-state index is -0.692. The summed E-state index contributed by atoms with van der Waals surface area (Å²) in [7, 11) is 0. The molecule has 4 N–H and O–H groups in total. The van der Waals surface area contributed by atoms with Gasteiger partial charge < -0.3 is 25.5 Å². The van der Waals surface area contributed by atoms with Gasteiger partial charge in [-0.15, -0.1) is 0 Å². The number of aliphatic hydroxyl groups is 1. The van der Waals surface area contributed by atoms with Gasteiger partial charge in [0, 0.05) is 19.1 Å². The van der Waals surface area contributed by atoms with E-state index in [4.69, 9.17) is 15.3 Å². The van der Waals surface area contributed by atoms with Crippen molar-refractivity contribution in [1.29, 1.82) is 0 Å². The minimum absolute atomic E-state index is 0.176. The number of carbonyl (C=O) groups excluding carboxylic acids is 1. The highest BCUT2D eigenvalue weighted by Crippen LogP contribution is 2.16. The van der Waals surface area contributed by atoms with Crippen LogP contribution in [0.4, 0.5) is 0 Å². The largest absolute Gasteiger partial charge is 0.446 e. The monoisotopic (exact) mass is 310 g/mol. The van der Waals surface area contributed by atoms with Crippen LogP contribution in [0.3, 0.4) is 0 Å². The predicted octanol–water partition coefficient (Wildman–Crippen LogP) is 0.661. The number of aliphatic hydroxyl groups excluding tert-OH is 1. The normalized spacial score (nSPS) is 20.8. The molecule has 1 saturated heterocycles. The molecular formula is C15H26N4O3. The average Bonchev–Trinajstić information content (AvgIpc) is 3.02. The van der Waals surface area contributed by atoms with Crippen molar-refractivity contribution in [3.8, 4) is 0 Å². The average molecular weight is 310 g/mol. The fourth-order valence-electron chi connectivity index (χ4n) is 2.70. The summed E-state index contributed by atoms with van der Waals surface area (Å²) >= 11 is 0. The van der Waals surface area contributed by atoms with Crippen molar-refractivity contribution in [3.05, 3.63) is 17.8 Å². The van der Waals surface area contributed by atoms with Gasteiger partial charge in [0.1, 0.15) is 12.3 Å². The van der Waals surface area contributed by atoms with Crippen molar-refractivity contribution in [2.45, 2.75) is 44.7 Å². The van der Waals surface area contributed by atoms with Gasteiger partial charge in [-0.05, 0) is 32.7 Å². The number of hydrogen-bond donors (Lipinski definition) is 3. The van der Waals surface area contributed by atoms with Crippen LogP contribution in [0.2, 0.25) is 0 Å². The van der Waals surface area contributed by atoms with E-state index in [2.05, 4.69) is 22.1 Å². The number of likely N-dealkylation sites (tertiary alicyclic amines) is 1. The molecule has 1 aliphatic rings. The number of hydrogen-bond acceptors (Lipinski definition) is 6. The topological polar surface area (TPSA) is 105 Å². The minimum Gasteiger partial charge on any atom is -0.446 e. The second-order valence-electron chi connectivity index (χ2n) is 5.85. The predicted molar refractivity (Wildman–Crippen MR) is 82.4 cm³/mol. The first-order chi connectivity index (χ1) is 10.6. The maximum atomic E-state index is 11.9. The molecule has 1 aliphatic heterocycles. The summed E-state index contributed by atoms with van der Waals surface area (Å²) in [5.74, 6) is -0.0957. The molecule has 1 amide bonds. The third kappa shape index (κ3) is 4.53. The van der Waals surface area contributed by atoms with Crippen LogP contribution in [0.1, 0.15) is 55.0 Å². The molecule has 1 fully saturated rings. The van der Waals surface area contributed by atoms with Crippen molar-refractivity contribution in [1.82, 2.24) is 15.2 Å². The maximum absolute atomic E-state index is 11.9. The van der Waals surface area contributed by atoms with E-state index in [1.807, 2.05) is 0 Å². The molecular weight excluding hydrogens is 284 g/mol. The van der Waals surface area contributed by atoms with Crippen molar-refractivity contribution in [2.24, 2.45) is 5.73 Å². The molecule has 2 heterocycles. The molecule has 0 radical (unpaired) electrons. The van der Waals surface area contributed by atoms with Crippen LogP contribution in [0.25, 0.3) is 0 Å². The smallest absolute Gasteiger partial charge is 0.273 e. The second kappa shape index (κ2) is 8.26. The van der Waals surface area contributed by atoms with Gasteiger partial charge in [0.25, 0.3) is 5.91 Å². The number of nitrogens with two attached hydrogens (primary N) is 1. The van der Waals surface area contributed by atoms with Gasteiger partial charge in [-0.1, -0.05) is 6.42 Å². The van der Waals surface area contributed by atoms with E-state index in [0.29, 0.717) is 12.6 Å². The van der Waals surface area contributed by atoms with E-state index in [9.17, 15) is 4.79 Å². The molecule has 1 aromatic rings. The third-order valence-corrected chi connectivity index (χ3v) is 4.12. The summed E-state index contributed by atoms with van der Waals surface area (Å²) in [6.07, 6.45) is 6.03. The number of oxazole rings is 1. The lowest BCUT2D eigenvalue weighted by atomic mass is 10.0. The Morgan fingerprint density at radius 2 is 2.45 bits per heavy atom. The molecule has 0 aliphatic carbocycles. The Hall–Kier alpha value is -1.44. The first kappa shape index (κ1) is 16.9. The van der Waals surface area contributed by atoms with Crippen LogP contribution in [0, 0.1) is 0 Å². The Balaban J connectivity index is 1.70. The van der Waals surface area contributed by atoms with Crippen LogP contribution in [0.15, 0.2) is 10.7 Å². The fourth-order valence-corrected chi connectivity index (χ4v) is 2.70. The number of amides is 1. The summed E-state index contributed by atoms with van der Waals surface area (Å²) in [6, 6.07) is -0.0512. The molecule has 0 saturated carbocycles. The molecule has 2 unspecified atom stereocenters. The molecule has 0 aromatic carbocycles. The summed E-state index contributed by atoms with van der Waals surface area (Å²) < 4.78 is 5.09. The quantitative estimate of drug-likeness (QED) is 0.639. The standard InChI is InChI=1S/C15H26N4O3/c1-11-5-2-3-7-19(11)8-4-6-17-14(21)13-10-22-15(18-13)12(16)9-20/h10-12,20H,2-9,16H2,1H3,(H,17,21). The Bertz CT molecular complexity index is 477. The lowest BCUT2D eigenvalue weighted by molar-refractivity contribution is 0.0943. The highest BCUT2D eigenvalue weighted by Gasteiger charge is 2.18. The molecule has 22 heavy (non-hydrogen) atoms. The van der Waals surface area contributed by atoms with Gasteiger partial charge in [0.2, 0.25) is 5.89 Å². The number of piperidine rings is 1. The second-order valence-corrected chi connectivity index (χ2v) is 5.85. The summed E-state index contributed by atoms with van der Waals surface area (Å²) in [5.41, 5.74) is 5.78. The number of nitrogens with one attached hydrogen (secondary N) is 1. The zero-order chi connectivity index (χ0) is 15.9. The van der Waals surface area contributed by atoms with Gasteiger partial charge in [-0.2, -0.15) is 0 Å². The van der Waals surface area contributed by atoms with Crippen LogP contribution >= 0.6 is 0 Å². The molecule has 7 nitrogen and oxygen atoms in total. The third-order valence-electron chi connectivity index (χ3n) is 4.12. The highest BCUT2D eigenvalue weighted by molar-refractivity contribution is 5.91. The SMILES string of the molecule is CC1CCCCN1CCCNC(=O)c1coc(C(N)CO)n1. The highest BCUT2D eigenvalue weighted by atomic mass is 16.3. The molecule has 0 bridgehead atoms. The van der Waals surface area contributed by atoms with E-state index in [-0.39, 0.29) is 24.1 Å². The van der Waals surface area contributed by atoms with Crippen molar-refractivity contribution < 1.29 is 14.3 Å². The van der Waals surface area contributed by atoms with E-state index in [1.165, 1.54) is 25.5 Å². The molecule has 2 rings (SSSR count). The molecule has 124 valence electrons. The Kier molecular flexibility index (Phi) is 6.35. The fraction of sp³-hybridized carbons (Fsp3) is 0.733. The Morgan fingerprint density at radius 3 is 3.18 bits per heavy atom. The summed E-state index contributed by atoms with van der Waals surface area (Å²) in [5, 5.41) is 11.8. The van der Waals surface area contributed by atoms with Crippen molar-refractivity contribution >= 4 is 5.91 Å². The number of nitrogens with zero attached hydrogens (tertiary/aromatic N) is 2. The van der Waals surface area contributed by atoms with Gasteiger partial charge in [-0.3, -0.25) is 4.79 Å². The molecule has 0 spiro atoms. The number of aromatic nitrogens is 1. The number of rotatable bonds is 7. The first-order valence-corrected chi connectivity index (χ1v) is 7.96. The van der Waals surface area contributed by atoms with Crippen molar-refractivity contribution in [2.75, 3.05) is 26.2 Å². The van der Waals surface area contributed by atoms with Crippen molar-refractivity contribution in [3.63, 3.8) is 0 Å². The number of carbonyl (C=O) groups is 1. The van der Waals surface area contributed by atoms with Crippen LogP contribution in [0.5, 0.6) is 0 Å². The van der Waals surface area contributed by atoms with Crippen LogP contribution in [-0.4, -0.2) is 53.2 Å². The molecule has 7 heteroatoms. The maximum Gasteiger partial charge on any atom is 0.273 e. The Labute approximate surface area is 130 Å². The lowest BCUT2D eigenvalue weighted by Gasteiger charge is -2.33. The van der Waals surface area contributed by atoms with Gasteiger partial charge in [0.05, 0.1) is 6.61 Å². The van der Waals surface area contributed by atoms with E-state index < -0.39 is 6.04 Å². The van der Waals surface area contributed by atoms with Gasteiger partial charge in [0.15, 0.2) is 5.69 Å². The molecule has 1 aromatic heterocycles. The van der Waals surface area contributed by atoms with Gasteiger partial charge in [-0.25, -0.2) is 4.98 Å². The first-order valence-electron chi connectivity index (χ1n) is 7.96. The van der Waals surface area contributed by atoms with Gasteiger partial charge >= 0.3 is 0 Å². The van der Waals surface area contributed by atoms with E-state index >= 15 is 0 Å². The summed E-state index contributed by atoms with van der Waals surface area (Å²) in [4.78, 5) is 18.4. The zero-order valence-electron chi connectivity index (χ0n) is 13.1. The molecule has 2 atom stereocenters. The van der Waals surface area contributed by atoms with E-state index in [0.717, 1.165) is 19.5 Å². The van der Waals surface area contributed by atoms with Crippen LogP contribution in [-0.2, 0) is 0 Å². The van der Waals surface area contributed by atoms with Crippen LogP contribution < -0.4 is 11.1 Å². The summed E-state index contributed by atoms with van der Waals surface area (Å²) in [6.45, 7) is 4.76. The zero-order valence-corrected chi connectivity index (χ0v) is 13.1. The lowest BCUT2D eigenvalue weighted by Crippen LogP contribution is -2.39. The Morgan fingerprint density at radius 1 is 1.64 bits per heavy atom. The van der Waals surface area contributed by atoms with E-state index in [1.54, 1.807) is 0 Å².